The van der Waals surface area contributed by atoms with Gasteiger partial charge in [0.2, 0.25) is 0 Å². The van der Waals surface area contributed by atoms with Crippen LogP contribution in [-0.2, 0) is 12.8 Å². The van der Waals surface area contributed by atoms with E-state index in [1.807, 2.05) is 0 Å². The lowest BCUT2D eigenvalue weighted by atomic mass is 9.93. The molecule has 0 aliphatic carbocycles. The van der Waals surface area contributed by atoms with Gasteiger partial charge in [-0.25, -0.2) is 0 Å². The SMILES string of the molecule is CC(C)CC(N)c1cc2c3c(c1)CCN3CC2. The molecule has 0 saturated heterocycles. The van der Waals surface area contributed by atoms with E-state index in [2.05, 4.69) is 30.9 Å². The normalized spacial score (nSPS) is 18.9. The van der Waals surface area contributed by atoms with E-state index in [-0.39, 0.29) is 6.04 Å². The highest BCUT2D eigenvalue weighted by Crippen LogP contribution is 2.39. The Morgan fingerprint density at radius 1 is 1.18 bits per heavy atom. The van der Waals surface area contributed by atoms with Crippen LogP contribution in [0.25, 0.3) is 0 Å². The molecule has 2 aliphatic heterocycles. The lowest BCUT2D eigenvalue weighted by Gasteiger charge is -2.17. The number of nitrogens with zero attached hydrogens (tertiary/aromatic N) is 1. The fraction of sp³-hybridized carbons (Fsp3) is 0.600. The van der Waals surface area contributed by atoms with E-state index in [1.165, 1.54) is 48.3 Å². The van der Waals surface area contributed by atoms with Gasteiger partial charge in [0.1, 0.15) is 0 Å². The fourth-order valence-corrected chi connectivity index (χ4v) is 3.28. The first-order valence-electron chi connectivity index (χ1n) is 6.81. The Morgan fingerprint density at radius 2 is 1.76 bits per heavy atom. The topological polar surface area (TPSA) is 29.3 Å². The van der Waals surface area contributed by atoms with E-state index in [9.17, 15) is 0 Å². The van der Waals surface area contributed by atoms with Crippen LogP contribution >= 0.6 is 0 Å². The minimum absolute atomic E-state index is 0.214. The molecule has 0 radical (unpaired) electrons. The summed E-state index contributed by atoms with van der Waals surface area (Å²) in [4.78, 5) is 2.53. The second-order valence-electron chi connectivity index (χ2n) is 5.91. The molecule has 2 aliphatic rings. The Morgan fingerprint density at radius 3 is 2.29 bits per heavy atom. The third-order valence-electron chi connectivity index (χ3n) is 4.06. The van der Waals surface area contributed by atoms with Gasteiger partial charge in [0.25, 0.3) is 0 Å². The number of rotatable bonds is 3. The molecular weight excluding hydrogens is 208 g/mol. The van der Waals surface area contributed by atoms with Gasteiger partial charge in [0, 0.05) is 24.8 Å². The zero-order chi connectivity index (χ0) is 12.0. The van der Waals surface area contributed by atoms with Crippen LogP contribution in [0.5, 0.6) is 0 Å². The Kier molecular flexibility index (Phi) is 2.62. The second kappa shape index (κ2) is 4.02. The quantitative estimate of drug-likeness (QED) is 0.865. The van der Waals surface area contributed by atoms with E-state index in [1.54, 1.807) is 0 Å². The minimum atomic E-state index is 0.214. The zero-order valence-electron chi connectivity index (χ0n) is 10.9. The number of hydrogen-bond acceptors (Lipinski definition) is 2. The molecule has 92 valence electrons. The molecule has 0 aromatic heterocycles. The van der Waals surface area contributed by atoms with Crippen LogP contribution in [0.15, 0.2) is 12.1 Å². The standard InChI is InChI=1S/C15H22N2/c1-10(2)7-14(16)13-8-11-3-5-17-6-4-12(9-13)15(11)17/h8-10,14H,3-7,16H2,1-2H3. The summed E-state index contributed by atoms with van der Waals surface area (Å²) in [6.45, 7) is 6.92. The van der Waals surface area contributed by atoms with Gasteiger partial charge in [-0.1, -0.05) is 26.0 Å². The van der Waals surface area contributed by atoms with Gasteiger partial charge in [-0.3, -0.25) is 0 Å². The van der Waals surface area contributed by atoms with Crippen LogP contribution in [0, 0.1) is 5.92 Å². The van der Waals surface area contributed by atoms with Gasteiger partial charge < -0.3 is 10.6 Å². The summed E-state index contributed by atoms with van der Waals surface area (Å²) in [6, 6.07) is 4.93. The number of hydrogen-bond donors (Lipinski definition) is 1. The summed E-state index contributed by atoms with van der Waals surface area (Å²) in [6.07, 6.45) is 3.51. The van der Waals surface area contributed by atoms with Crippen molar-refractivity contribution in [3.8, 4) is 0 Å². The Bertz CT molecular complexity index is 408. The average Bonchev–Trinajstić information content (AvgIpc) is 2.85. The molecule has 1 aromatic rings. The molecule has 2 nitrogen and oxygen atoms in total. The molecule has 3 rings (SSSR count). The van der Waals surface area contributed by atoms with Gasteiger partial charge in [-0.05, 0) is 41.9 Å². The molecule has 2 N–H and O–H groups in total. The predicted octanol–water partition coefficient (Wildman–Crippen LogP) is 2.65. The summed E-state index contributed by atoms with van der Waals surface area (Å²) >= 11 is 0. The molecular formula is C15H22N2. The van der Waals surface area contributed by atoms with Gasteiger partial charge in [-0.2, -0.15) is 0 Å². The number of benzene rings is 1. The van der Waals surface area contributed by atoms with Crippen molar-refractivity contribution in [2.45, 2.75) is 39.2 Å². The van der Waals surface area contributed by atoms with Crippen molar-refractivity contribution in [2.24, 2.45) is 11.7 Å². The molecule has 0 bridgehead atoms. The molecule has 1 aromatic carbocycles. The molecule has 1 atom stereocenters. The maximum Gasteiger partial charge on any atom is 0.0433 e. The maximum absolute atomic E-state index is 6.31. The highest BCUT2D eigenvalue weighted by atomic mass is 15.2. The van der Waals surface area contributed by atoms with Crippen molar-refractivity contribution in [1.29, 1.82) is 0 Å². The van der Waals surface area contributed by atoms with Crippen LogP contribution < -0.4 is 10.6 Å². The van der Waals surface area contributed by atoms with Gasteiger partial charge >= 0.3 is 0 Å². The third kappa shape index (κ3) is 1.85. The number of nitrogens with two attached hydrogens (primary N) is 1. The summed E-state index contributed by atoms with van der Waals surface area (Å²) < 4.78 is 0. The average molecular weight is 230 g/mol. The minimum Gasteiger partial charge on any atom is -0.370 e. The maximum atomic E-state index is 6.31. The van der Waals surface area contributed by atoms with Crippen molar-refractivity contribution in [3.63, 3.8) is 0 Å². The fourth-order valence-electron chi connectivity index (χ4n) is 3.28. The molecule has 0 spiro atoms. The highest BCUT2D eigenvalue weighted by Gasteiger charge is 2.28. The monoisotopic (exact) mass is 230 g/mol. The molecule has 0 fully saturated rings. The van der Waals surface area contributed by atoms with Crippen LogP contribution in [0.1, 0.15) is 43.0 Å². The van der Waals surface area contributed by atoms with Crippen LogP contribution in [-0.4, -0.2) is 13.1 Å². The zero-order valence-corrected chi connectivity index (χ0v) is 10.9. The lowest BCUT2D eigenvalue weighted by molar-refractivity contribution is 0.509. The Labute approximate surface area is 104 Å². The number of anilines is 1. The van der Waals surface area contributed by atoms with Crippen molar-refractivity contribution >= 4 is 5.69 Å². The summed E-state index contributed by atoms with van der Waals surface area (Å²) in [7, 11) is 0. The van der Waals surface area contributed by atoms with E-state index < -0.39 is 0 Å². The largest absolute Gasteiger partial charge is 0.370 e. The van der Waals surface area contributed by atoms with E-state index in [0.29, 0.717) is 5.92 Å². The lowest BCUT2D eigenvalue weighted by Crippen LogP contribution is -2.17. The first-order valence-corrected chi connectivity index (χ1v) is 6.81. The van der Waals surface area contributed by atoms with Crippen LogP contribution in [0.4, 0.5) is 5.69 Å². The van der Waals surface area contributed by atoms with Crippen LogP contribution in [0.3, 0.4) is 0 Å². The van der Waals surface area contributed by atoms with Crippen LogP contribution in [0.2, 0.25) is 0 Å². The molecule has 2 heteroatoms. The molecule has 1 unspecified atom stereocenters. The van der Waals surface area contributed by atoms with Gasteiger partial charge in [0.05, 0.1) is 0 Å². The van der Waals surface area contributed by atoms with E-state index in [4.69, 9.17) is 5.73 Å². The molecule has 0 saturated carbocycles. The van der Waals surface area contributed by atoms with E-state index >= 15 is 0 Å². The summed E-state index contributed by atoms with van der Waals surface area (Å²) in [5.41, 5.74) is 12.3. The van der Waals surface area contributed by atoms with Crippen molar-refractivity contribution < 1.29 is 0 Å². The second-order valence-corrected chi connectivity index (χ2v) is 5.91. The predicted molar refractivity (Wildman–Crippen MR) is 72.4 cm³/mol. The van der Waals surface area contributed by atoms with Crippen molar-refractivity contribution in [3.05, 3.63) is 28.8 Å². The highest BCUT2D eigenvalue weighted by molar-refractivity contribution is 5.67. The first-order chi connectivity index (χ1) is 8.15. The third-order valence-corrected chi connectivity index (χ3v) is 4.06. The Hall–Kier alpha value is -1.02. The smallest absolute Gasteiger partial charge is 0.0433 e. The van der Waals surface area contributed by atoms with E-state index in [0.717, 1.165) is 6.42 Å². The molecule has 2 heterocycles. The molecule has 0 amide bonds. The van der Waals surface area contributed by atoms with Gasteiger partial charge in [0.15, 0.2) is 0 Å². The molecule has 17 heavy (non-hydrogen) atoms. The van der Waals surface area contributed by atoms with Gasteiger partial charge in [-0.15, -0.1) is 0 Å². The van der Waals surface area contributed by atoms with Crippen molar-refractivity contribution in [1.82, 2.24) is 0 Å². The Balaban J connectivity index is 1.93. The van der Waals surface area contributed by atoms with Crippen molar-refractivity contribution in [2.75, 3.05) is 18.0 Å². The summed E-state index contributed by atoms with van der Waals surface area (Å²) in [5.74, 6) is 0.670. The first kappa shape index (κ1) is 11.1. The summed E-state index contributed by atoms with van der Waals surface area (Å²) in [5, 5.41) is 0.